The summed E-state index contributed by atoms with van der Waals surface area (Å²) in [6, 6.07) is 0. The number of carbonyl (C=O) groups is 1. The van der Waals surface area contributed by atoms with Gasteiger partial charge in [0.15, 0.2) is 0 Å². The number of hydrogen-bond acceptors (Lipinski definition) is 2. The first-order valence-corrected chi connectivity index (χ1v) is 9.97. The van der Waals surface area contributed by atoms with Crippen molar-refractivity contribution in [1.29, 1.82) is 0 Å². The fourth-order valence-electron chi connectivity index (χ4n) is 5.73. The van der Waals surface area contributed by atoms with Crippen LogP contribution in [0.25, 0.3) is 0 Å². The summed E-state index contributed by atoms with van der Waals surface area (Å²) in [5, 5.41) is 0. The van der Waals surface area contributed by atoms with Crippen molar-refractivity contribution in [2.75, 3.05) is 6.61 Å². The Kier molecular flexibility index (Phi) is 36.1. The minimum absolute atomic E-state index is 0. The van der Waals surface area contributed by atoms with Crippen molar-refractivity contribution in [3.63, 3.8) is 0 Å². The van der Waals surface area contributed by atoms with E-state index < -0.39 is 0 Å². The minimum Gasteiger partial charge on any atom is -0.458 e. The second kappa shape index (κ2) is 23.6. The van der Waals surface area contributed by atoms with Crippen molar-refractivity contribution < 1.29 is 136 Å². The molecular formula is C24H36B4O2W6-2. The second-order valence-corrected chi connectivity index (χ2v) is 8.87. The monoisotopic (exact) mass is 1500 g/mol. The van der Waals surface area contributed by atoms with E-state index in [1.165, 1.54) is 12.6 Å². The first-order chi connectivity index (χ1) is 12.8. The smallest absolute Gasteiger partial charge is 0.458 e. The van der Waals surface area contributed by atoms with Crippen LogP contribution in [0.15, 0.2) is 35.3 Å². The Labute approximate surface area is 313 Å². The van der Waals surface area contributed by atoms with Gasteiger partial charge in [-0.15, -0.1) is 0 Å². The van der Waals surface area contributed by atoms with Crippen molar-refractivity contribution in [3.8, 4) is 0 Å². The summed E-state index contributed by atoms with van der Waals surface area (Å²) in [5.41, 5.74) is 2.80. The van der Waals surface area contributed by atoms with E-state index in [1.54, 1.807) is 7.17 Å². The van der Waals surface area contributed by atoms with E-state index in [4.69, 9.17) is 20.3 Å². The van der Waals surface area contributed by atoms with E-state index in [-0.39, 0.29) is 184 Å². The molecule has 3 aliphatic rings. The summed E-state index contributed by atoms with van der Waals surface area (Å²) in [5.74, 6) is 0.631. The molecule has 0 aromatic rings. The maximum Gasteiger partial charge on any atom is 2.00 e. The Morgan fingerprint density at radius 3 is 2.19 bits per heavy atom. The Bertz CT molecular complexity index is 710. The second-order valence-electron chi connectivity index (χ2n) is 8.87. The molecule has 0 saturated heterocycles. The van der Waals surface area contributed by atoms with Crippen LogP contribution in [0.5, 0.6) is 0 Å². The van der Waals surface area contributed by atoms with Gasteiger partial charge in [0.2, 0.25) is 0 Å². The number of carbonyl (C=O) groups excluding carboxylic acids is 1. The molecule has 2 fully saturated rings. The fraction of sp³-hybridized carbons (Fsp3) is 0.542. The minimum atomic E-state index is -0.282. The van der Waals surface area contributed by atoms with Crippen LogP contribution in [-0.4, -0.2) is 42.4 Å². The number of allylic oxidation sites excluding steroid dienone is 2. The molecule has 5 atom stereocenters. The van der Waals surface area contributed by atoms with Crippen molar-refractivity contribution in [2.24, 2.45) is 22.7 Å². The molecule has 2 saturated carbocycles. The van der Waals surface area contributed by atoms with Crippen LogP contribution in [0.2, 0.25) is 5.82 Å². The van der Waals surface area contributed by atoms with Gasteiger partial charge in [0.25, 0.3) is 0 Å². The summed E-state index contributed by atoms with van der Waals surface area (Å²) in [6.07, 6.45) is 9.12. The van der Waals surface area contributed by atoms with Crippen LogP contribution < -0.4 is 0 Å². The Balaban J connectivity index is -0.000000187. The van der Waals surface area contributed by atoms with Gasteiger partial charge >= 0.3 is 27.0 Å². The van der Waals surface area contributed by atoms with Crippen molar-refractivity contribution >= 4 is 35.8 Å². The van der Waals surface area contributed by atoms with Gasteiger partial charge in [0, 0.05) is 126 Å². The molecule has 1 aliphatic heterocycles. The predicted molar refractivity (Wildman–Crippen MR) is 134 cm³/mol. The molecule has 1 heterocycles. The standard InChI is InChI=1S/C21H27B4O2.3CH3.6W/c1-5-20(3)17-9-6-13(2)15(21(17,4)11-10-18(20)22)8-7-14-16(24-25-23)12-27-19(14)26;;;;;;;;;/h7-8,15,17-18H,1-2,5-6,9-12H2,3-4H3;3*1H3;;;;;;/q4*-1;;;;;;+2/b8-7+;;;;;;;;;. The maximum absolute atomic E-state index is 12.1. The van der Waals surface area contributed by atoms with E-state index in [9.17, 15) is 4.79 Å². The molecule has 0 N–H and O–H groups in total. The van der Waals surface area contributed by atoms with Crippen molar-refractivity contribution in [2.45, 2.75) is 51.8 Å². The zero-order valence-electron chi connectivity index (χ0n) is 22.1. The summed E-state index contributed by atoms with van der Waals surface area (Å²) < 4.78 is 5.18. The van der Waals surface area contributed by atoms with Crippen LogP contribution in [0.4, 0.5) is 0 Å². The Morgan fingerprint density at radius 1 is 1.14 bits per heavy atom. The molecule has 36 heavy (non-hydrogen) atoms. The van der Waals surface area contributed by atoms with Crippen LogP contribution in [-0.2, 0) is 136 Å². The summed E-state index contributed by atoms with van der Waals surface area (Å²) in [7, 11) is 15.2. The molecule has 0 amide bonds. The predicted octanol–water partition coefficient (Wildman–Crippen LogP) is 4.67. The molecule has 0 bridgehead atoms. The van der Waals surface area contributed by atoms with Gasteiger partial charge in [-0.25, -0.2) is 4.79 Å². The number of ether oxygens (including phenoxy) is 1. The van der Waals surface area contributed by atoms with Gasteiger partial charge < -0.3 is 33.9 Å². The van der Waals surface area contributed by atoms with E-state index in [0.717, 1.165) is 37.6 Å². The van der Waals surface area contributed by atoms with Gasteiger partial charge in [-0.1, -0.05) is 61.3 Å². The van der Waals surface area contributed by atoms with E-state index in [2.05, 4.69) is 33.4 Å². The van der Waals surface area contributed by atoms with Crippen molar-refractivity contribution in [1.82, 2.24) is 0 Å². The largest absolute Gasteiger partial charge is 2.00 e. The van der Waals surface area contributed by atoms with E-state index in [0.29, 0.717) is 11.5 Å². The topological polar surface area (TPSA) is 26.3 Å². The summed E-state index contributed by atoms with van der Waals surface area (Å²) >= 11 is 0. The zero-order chi connectivity index (χ0) is 19.8. The molecule has 12 heteroatoms. The molecule has 5 unspecified atom stereocenters. The van der Waals surface area contributed by atoms with Crippen LogP contribution in [0.3, 0.4) is 0 Å². The first-order valence-electron chi connectivity index (χ1n) is 9.97. The quantitative estimate of drug-likeness (QED) is 0.174. The average molecular weight is 1500 g/mol. The number of hydrogen-bond donors (Lipinski definition) is 0. The van der Waals surface area contributed by atoms with Gasteiger partial charge in [-0.2, -0.15) is 6.42 Å². The number of cyclic esters (lactones) is 1. The molecule has 0 aromatic heterocycles. The normalized spacial score (nSPS) is 29.6. The molecule has 6 radical (unpaired) electrons. The van der Waals surface area contributed by atoms with Gasteiger partial charge in [-0.3, -0.25) is 0 Å². The van der Waals surface area contributed by atoms with E-state index >= 15 is 0 Å². The fourth-order valence-corrected chi connectivity index (χ4v) is 5.73. The SMILES string of the molecule is [B][B][B]C1=C(/C=C/C2C(=C)CCC3C(C)(C[CH2-])C([B])CCC23C)C(=O)OC1.[CH3-].[CH3-].[CH3-].[W+2].[W].[W].[W].[W].[W]. The maximum atomic E-state index is 12.1. The molecule has 3 rings (SSSR count). The Morgan fingerprint density at radius 2 is 1.69 bits per heavy atom. The first kappa shape index (κ1) is 55.1. The van der Waals surface area contributed by atoms with Crippen molar-refractivity contribution in [3.05, 3.63) is 64.6 Å². The van der Waals surface area contributed by atoms with Gasteiger partial charge in [0.1, 0.15) is 6.61 Å². The van der Waals surface area contributed by atoms with Crippen LogP contribution >= 0.6 is 0 Å². The van der Waals surface area contributed by atoms with Crippen LogP contribution in [0, 0.1) is 51.9 Å². The molecule has 194 valence electrons. The summed E-state index contributed by atoms with van der Waals surface area (Å²) in [4.78, 5) is 12.1. The van der Waals surface area contributed by atoms with E-state index in [1.807, 2.05) is 6.08 Å². The third-order valence-corrected chi connectivity index (χ3v) is 7.55. The molecule has 0 spiro atoms. The van der Waals surface area contributed by atoms with Gasteiger partial charge in [0.05, 0.1) is 20.6 Å². The third-order valence-electron chi connectivity index (χ3n) is 7.55. The average Bonchev–Trinajstić information content (AvgIpc) is 2.98. The summed E-state index contributed by atoms with van der Waals surface area (Å²) in [6.45, 7) is 13.6. The number of fused-ring (bicyclic) bond motifs is 1. The zero-order valence-corrected chi connectivity index (χ0v) is 39.7. The van der Waals surface area contributed by atoms with Crippen LogP contribution in [0.1, 0.15) is 46.0 Å². The Hall–Kier alpha value is 3.08. The number of rotatable bonds is 5. The molecule has 2 nitrogen and oxygen atoms in total. The van der Waals surface area contributed by atoms with Gasteiger partial charge in [-0.05, 0) is 30.6 Å². The number of esters is 1. The molecular weight excluding hydrogens is 1470 g/mol. The molecule has 0 aromatic carbocycles. The third kappa shape index (κ3) is 11.1. The molecule has 2 aliphatic carbocycles.